The molecule has 2 heterocycles. The van der Waals surface area contributed by atoms with Crippen LogP contribution in [0.15, 0.2) is 59.7 Å². The Kier molecular flexibility index (Phi) is 4.35. The van der Waals surface area contributed by atoms with E-state index in [9.17, 15) is 9.59 Å². The molecule has 2 amide bonds. The molecule has 3 aromatic carbocycles. The zero-order valence-corrected chi connectivity index (χ0v) is 16.3. The lowest BCUT2D eigenvalue weighted by Gasteiger charge is -2.19. The summed E-state index contributed by atoms with van der Waals surface area (Å²) in [6.45, 7) is 2.72. The van der Waals surface area contributed by atoms with Gasteiger partial charge in [0.1, 0.15) is 19.8 Å². The fraction of sp³-hybridized carbons (Fsp3) is 0.174. The first-order chi connectivity index (χ1) is 14.6. The van der Waals surface area contributed by atoms with Crippen molar-refractivity contribution < 1.29 is 19.1 Å². The second-order valence-corrected chi connectivity index (χ2v) is 7.16. The van der Waals surface area contributed by atoms with Gasteiger partial charge in [-0.25, -0.2) is 5.43 Å². The summed E-state index contributed by atoms with van der Waals surface area (Å²) < 4.78 is 11.1. The van der Waals surface area contributed by atoms with Crippen LogP contribution in [-0.4, -0.2) is 37.3 Å². The summed E-state index contributed by atoms with van der Waals surface area (Å²) in [5.41, 5.74) is 5.35. The molecule has 5 rings (SSSR count). The maximum absolute atomic E-state index is 12.8. The summed E-state index contributed by atoms with van der Waals surface area (Å²) in [6, 6.07) is 16.8. The molecule has 0 aliphatic carbocycles. The Bertz CT molecular complexity index is 1210. The minimum absolute atomic E-state index is 0.107. The van der Waals surface area contributed by atoms with Crippen molar-refractivity contribution in [1.82, 2.24) is 5.43 Å². The number of nitrogens with zero attached hydrogens (tertiary/aromatic N) is 2. The lowest BCUT2D eigenvalue weighted by molar-refractivity contribution is -0.119. The molecule has 0 saturated heterocycles. The van der Waals surface area contributed by atoms with Gasteiger partial charge in [0.05, 0.1) is 11.4 Å². The maximum Gasteiger partial charge on any atom is 0.260 e. The van der Waals surface area contributed by atoms with Crippen LogP contribution < -0.4 is 19.8 Å². The molecule has 0 atom stereocenters. The number of nitrogens with one attached hydrogen (secondary N) is 1. The van der Waals surface area contributed by atoms with Crippen LogP contribution in [0.4, 0.5) is 5.69 Å². The van der Waals surface area contributed by atoms with E-state index >= 15 is 0 Å². The third kappa shape index (κ3) is 3.04. The van der Waals surface area contributed by atoms with Crippen molar-refractivity contribution in [2.45, 2.75) is 6.92 Å². The van der Waals surface area contributed by atoms with Crippen LogP contribution in [0.1, 0.15) is 22.8 Å². The number of ether oxygens (including phenoxy) is 2. The molecule has 0 fully saturated rings. The van der Waals surface area contributed by atoms with Crippen LogP contribution in [0.2, 0.25) is 0 Å². The first-order valence-corrected chi connectivity index (χ1v) is 9.68. The Hall–Kier alpha value is -3.87. The van der Waals surface area contributed by atoms with Crippen molar-refractivity contribution in [3.8, 4) is 11.5 Å². The molecule has 0 aromatic heterocycles. The lowest BCUT2D eigenvalue weighted by atomic mass is 10.1. The van der Waals surface area contributed by atoms with Gasteiger partial charge in [0, 0.05) is 16.5 Å². The third-order valence-corrected chi connectivity index (χ3v) is 5.26. The highest BCUT2D eigenvalue weighted by atomic mass is 16.6. The van der Waals surface area contributed by atoms with Gasteiger partial charge in [0.2, 0.25) is 0 Å². The average Bonchev–Trinajstić information content (AvgIpc) is 3.05. The number of benzene rings is 3. The molecule has 0 unspecified atom stereocenters. The van der Waals surface area contributed by atoms with E-state index in [2.05, 4.69) is 10.5 Å². The van der Waals surface area contributed by atoms with Crippen LogP contribution in [0, 0.1) is 0 Å². The molecule has 0 spiro atoms. The molecule has 0 saturated carbocycles. The number of carbonyl (C=O) groups excluding carboxylic acids is 2. The number of carbonyl (C=O) groups is 2. The highest BCUT2D eigenvalue weighted by Gasteiger charge is 2.30. The van der Waals surface area contributed by atoms with E-state index in [0.29, 0.717) is 36.0 Å². The topological polar surface area (TPSA) is 80.2 Å². The van der Waals surface area contributed by atoms with E-state index in [0.717, 1.165) is 22.0 Å². The Morgan fingerprint density at radius 3 is 2.67 bits per heavy atom. The van der Waals surface area contributed by atoms with E-state index in [-0.39, 0.29) is 18.4 Å². The first kappa shape index (κ1) is 18.2. The van der Waals surface area contributed by atoms with Crippen molar-refractivity contribution >= 4 is 34.0 Å². The SMILES string of the molecule is C/C(=N\NC(=O)CN1C(=O)c2cccc3cccc1c23)c1ccc2c(c1)OCCO2. The molecule has 2 aliphatic rings. The Balaban J connectivity index is 1.31. The van der Waals surface area contributed by atoms with Gasteiger partial charge >= 0.3 is 0 Å². The van der Waals surface area contributed by atoms with Crippen molar-refractivity contribution in [3.63, 3.8) is 0 Å². The van der Waals surface area contributed by atoms with Crippen LogP contribution in [0.5, 0.6) is 11.5 Å². The molecule has 0 bridgehead atoms. The summed E-state index contributed by atoms with van der Waals surface area (Å²) in [5.74, 6) is 0.811. The highest BCUT2D eigenvalue weighted by molar-refractivity contribution is 6.26. The molecule has 0 radical (unpaired) electrons. The molecule has 7 nitrogen and oxygen atoms in total. The standard InChI is InChI=1S/C23H19N3O4/c1-14(16-8-9-19-20(12-16)30-11-10-29-19)24-25-21(27)13-26-18-7-3-5-15-4-2-6-17(22(15)18)23(26)28/h2-9,12H,10-11,13H2,1H3,(H,25,27)/b24-14+. The predicted octanol–water partition coefficient (Wildman–Crippen LogP) is 3.11. The molecule has 7 heteroatoms. The number of anilines is 1. The second kappa shape index (κ2) is 7.18. The van der Waals surface area contributed by atoms with Crippen molar-refractivity contribution in [2.75, 3.05) is 24.7 Å². The van der Waals surface area contributed by atoms with Gasteiger partial charge in [-0.05, 0) is 42.6 Å². The number of fused-ring (bicyclic) bond motifs is 1. The van der Waals surface area contributed by atoms with Gasteiger partial charge in [-0.15, -0.1) is 0 Å². The third-order valence-electron chi connectivity index (χ3n) is 5.26. The lowest BCUT2D eigenvalue weighted by Crippen LogP contribution is -2.37. The number of hydrazone groups is 1. The summed E-state index contributed by atoms with van der Waals surface area (Å²) in [6.07, 6.45) is 0. The van der Waals surface area contributed by atoms with Gasteiger partial charge in [-0.2, -0.15) is 5.10 Å². The molecular formula is C23H19N3O4. The van der Waals surface area contributed by atoms with Gasteiger partial charge in [-0.3, -0.25) is 14.5 Å². The molecule has 30 heavy (non-hydrogen) atoms. The zero-order valence-electron chi connectivity index (χ0n) is 16.3. The summed E-state index contributed by atoms with van der Waals surface area (Å²) >= 11 is 0. The van der Waals surface area contributed by atoms with Gasteiger partial charge in [0.25, 0.3) is 11.8 Å². The first-order valence-electron chi connectivity index (χ1n) is 9.68. The van der Waals surface area contributed by atoms with Crippen LogP contribution >= 0.6 is 0 Å². The summed E-state index contributed by atoms with van der Waals surface area (Å²) in [4.78, 5) is 26.8. The van der Waals surface area contributed by atoms with Crippen LogP contribution in [0.25, 0.3) is 10.8 Å². The van der Waals surface area contributed by atoms with Gasteiger partial charge < -0.3 is 9.47 Å². The largest absolute Gasteiger partial charge is 0.486 e. The Morgan fingerprint density at radius 1 is 1.07 bits per heavy atom. The minimum Gasteiger partial charge on any atom is -0.486 e. The number of hydrogen-bond acceptors (Lipinski definition) is 5. The molecule has 1 N–H and O–H groups in total. The van der Waals surface area contributed by atoms with Crippen LogP contribution in [0.3, 0.4) is 0 Å². The monoisotopic (exact) mass is 401 g/mol. The fourth-order valence-corrected chi connectivity index (χ4v) is 3.79. The van der Waals surface area contributed by atoms with Crippen molar-refractivity contribution in [2.24, 2.45) is 5.10 Å². The van der Waals surface area contributed by atoms with Gasteiger partial charge in [0.15, 0.2) is 11.5 Å². The maximum atomic E-state index is 12.8. The van der Waals surface area contributed by atoms with E-state index in [1.165, 1.54) is 4.90 Å². The number of hydrogen-bond donors (Lipinski definition) is 1. The highest BCUT2D eigenvalue weighted by Crippen LogP contribution is 2.37. The quantitative estimate of drug-likeness (QED) is 0.538. The number of amides is 2. The van der Waals surface area contributed by atoms with E-state index < -0.39 is 0 Å². The molecule has 150 valence electrons. The van der Waals surface area contributed by atoms with Crippen molar-refractivity contribution in [3.05, 3.63) is 65.7 Å². The van der Waals surface area contributed by atoms with Crippen LogP contribution in [-0.2, 0) is 4.79 Å². The minimum atomic E-state index is -0.370. The molecule has 2 aliphatic heterocycles. The van der Waals surface area contributed by atoms with Crippen molar-refractivity contribution in [1.29, 1.82) is 0 Å². The number of rotatable bonds is 4. The summed E-state index contributed by atoms with van der Waals surface area (Å²) in [7, 11) is 0. The van der Waals surface area contributed by atoms with E-state index in [1.807, 2.05) is 48.5 Å². The summed E-state index contributed by atoms with van der Waals surface area (Å²) in [5, 5.41) is 6.05. The second-order valence-electron chi connectivity index (χ2n) is 7.16. The van der Waals surface area contributed by atoms with Gasteiger partial charge in [-0.1, -0.05) is 24.3 Å². The normalized spacial score (nSPS) is 14.9. The smallest absolute Gasteiger partial charge is 0.260 e. The molecular weight excluding hydrogens is 382 g/mol. The fourth-order valence-electron chi connectivity index (χ4n) is 3.79. The molecule has 3 aromatic rings. The Labute approximate surface area is 172 Å². The predicted molar refractivity (Wildman–Crippen MR) is 113 cm³/mol. The van der Waals surface area contributed by atoms with E-state index in [4.69, 9.17) is 9.47 Å². The average molecular weight is 401 g/mol. The zero-order chi connectivity index (χ0) is 20.7. The Morgan fingerprint density at radius 2 is 1.83 bits per heavy atom. The van der Waals surface area contributed by atoms with E-state index in [1.54, 1.807) is 13.0 Å².